The zero-order valence-electron chi connectivity index (χ0n) is 16.9. The molecule has 0 unspecified atom stereocenters. The van der Waals surface area contributed by atoms with Gasteiger partial charge < -0.3 is 0 Å². The van der Waals surface area contributed by atoms with Crippen molar-refractivity contribution in [3.8, 4) is 0 Å². The molecule has 0 aliphatic rings. The average Bonchev–Trinajstić information content (AvgIpc) is 2.69. The molecule has 0 saturated heterocycles. The van der Waals surface area contributed by atoms with E-state index in [2.05, 4.69) is 4.72 Å². The predicted octanol–water partition coefficient (Wildman–Crippen LogP) is 4.72. The lowest BCUT2D eigenvalue weighted by atomic mass is 10.1. The fourth-order valence-corrected chi connectivity index (χ4v) is 5.76. The molecule has 6 nitrogen and oxygen atoms in total. The number of aryl methyl sites for hydroxylation is 2. The van der Waals surface area contributed by atoms with Crippen LogP contribution in [0.3, 0.4) is 0 Å². The molecule has 31 heavy (non-hydrogen) atoms. The second kappa shape index (κ2) is 8.49. The van der Waals surface area contributed by atoms with Gasteiger partial charge in [0.15, 0.2) is 0 Å². The van der Waals surface area contributed by atoms with Gasteiger partial charge in [0.05, 0.1) is 15.5 Å². The molecule has 0 heterocycles. The van der Waals surface area contributed by atoms with Crippen LogP contribution in [0.1, 0.15) is 11.1 Å². The molecule has 0 aliphatic carbocycles. The van der Waals surface area contributed by atoms with Gasteiger partial charge in [-0.05, 0) is 79.6 Å². The third-order valence-corrected chi connectivity index (χ3v) is 8.25. The highest BCUT2D eigenvalue weighted by molar-refractivity contribution is 7.93. The highest BCUT2D eigenvalue weighted by Gasteiger charge is 2.26. The first-order chi connectivity index (χ1) is 14.4. The highest BCUT2D eigenvalue weighted by Crippen LogP contribution is 2.31. The van der Waals surface area contributed by atoms with E-state index in [0.717, 1.165) is 28.6 Å². The second-order valence-corrected chi connectivity index (χ2v) is 11.0. The second-order valence-electron chi connectivity index (χ2n) is 6.94. The van der Waals surface area contributed by atoms with Crippen molar-refractivity contribution in [3.63, 3.8) is 0 Å². The van der Waals surface area contributed by atoms with E-state index in [0.29, 0.717) is 21.8 Å². The van der Waals surface area contributed by atoms with Gasteiger partial charge in [0.1, 0.15) is 5.82 Å². The first kappa shape index (κ1) is 23.1. The molecule has 0 spiro atoms. The number of benzene rings is 3. The maximum atomic E-state index is 13.2. The number of anilines is 2. The van der Waals surface area contributed by atoms with Crippen molar-refractivity contribution in [2.24, 2.45) is 0 Å². The van der Waals surface area contributed by atoms with Crippen LogP contribution in [-0.2, 0) is 20.0 Å². The zero-order chi connectivity index (χ0) is 23.0. The SMILES string of the molecule is Cc1cc(C)c(S(=O)(=O)Nc2ccc(Cl)cc2)cc1N(C)S(=O)(=O)c1ccc(F)cc1. The lowest BCUT2D eigenvalue weighted by molar-refractivity contribution is 0.592. The molecular weight excluding hydrogens is 463 g/mol. The van der Waals surface area contributed by atoms with Crippen molar-refractivity contribution in [2.75, 3.05) is 16.1 Å². The van der Waals surface area contributed by atoms with Gasteiger partial charge in [0.2, 0.25) is 0 Å². The van der Waals surface area contributed by atoms with Gasteiger partial charge in [-0.25, -0.2) is 21.2 Å². The van der Waals surface area contributed by atoms with E-state index in [9.17, 15) is 21.2 Å². The Labute approximate surface area is 186 Å². The molecule has 10 heteroatoms. The van der Waals surface area contributed by atoms with Crippen molar-refractivity contribution in [1.29, 1.82) is 0 Å². The Hall–Kier alpha value is -2.62. The number of halogens is 2. The first-order valence-corrected chi connectivity index (χ1v) is 12.4. The van der Waals surface area contributed by atoms with Crippen LogP contribution in [0.15, 0.2) is 70.5 Å². The van der Waals surface area contributed by atoms with E-state index >= 15 is 0 Å². The van der Waals surface area contributed by atoms with E-state index < -0.39 is 25.9 Å². The molecule has 3 aromatic rings. The summed E-state index contributed by atoms with van der Waals surface area (Å²) >= 11 is 5.84. The lowest BCUT2D eigenvalue weighted by Gasteiger charge is -2.23. The van der Waals surface area contributed by atoms with E-state index in [1.165, 1.54) is 25.2 Å². The Balaban J connectivity index is 2.04. The molecule has 0 saturated carbocycles. The summed E-state index contributed by atoms with van der Waals surface area (Å²) in [5, 5.41) is 0.462. The molecule has 0 radical (unpaired) electrons. The Morgan fingerprint density at radius 1 is 0.871 bits per heavy atom. The van der Waals surface area contributed by atoms with Crippen LogP contribution in [0.4, 0.5) is 15.8 Å². The summed E-state index contributed by atoms with van der Waals surface area (Å²) in [6.45, 7) is 3.31. The smallest absolute Gasteiger partial charge is 0.264 e. The topological polar surface area (TPSA) is 83.6 Å². The number of sulfonamides is 2. The van der Waals surface area contributed by atoms with Crippen molar-refractivity contribution >= 4 is 43.0 Å². The highest BCUT2D eigenvalue weighted by atomic mass is 35.5. The summed E-state index contributed by atoms with van der Waals surface area (Å²) in [7, 11) is -6.72. The molecule has 164 valence electrons. The Bertz CT molecular complexity index is 1330. The van der Waals surface area contributed by atoms with Crippen LogP contribution in [0.2, 0.25) is 5.02 Å². The fraction of sp³-hybridized carbons (Fsp3) is 0.143. The number of hydrogen-bond donors (Lipinski definition) is 1. The van der Waals surface area contributed by atoms with Crippen LogP contribution in [0.25, 0.3) is 0 Å². The minimum absolute atomic E-state index is 0.0655. The summed E-state index contributed by atoms with van der Waals surface area (Å²) in [5.74, 6) is -0.560. The minimum atomic E-state index is -4.03. The predicted molar refractivity (Wildman–Crippen MR) is 120 cm³/mol. The molecule has 0 aromatic heterocycles. The zero-order valence-corrected chi connectivity index (χ0v) is 19.3. The molecule has 3 rings (SSSR count). The third-order valence-electron chi connectivity index (χ3n) is 4.69. The number of nitrogens with zero attached hydrogens (tertiary/aromatic N) is 1. The van der Waals surface area contributed by atoms with Gasteiger partial charge in [-0.2, -0.15) is 0 Å². The van der Waals surface area contributed by atoms with Crippen LogP contribution in [0, 0.1) is 19.7 Å². The van der Waals surface area contributed by atoms with Gasteiger partial charge in [-0.1, -0.05) is 17.7 Å². The molecule has 0 fully saturated rings. The largest absolute Gasteiger partial charge is 0.280 e. The summed E-state index contributed by atoms with van der Waals surface area (Å²) in [5.41, 5.74) is 1.52. The Morgan fingerprint density at radius 2 is 1.45 bits per heavy atom. The average molecular weight is 483 g/mol. The van der Waals surface area contributed by atoms with Crippen LogP contribution in [0.5, 0.6) is 0 Å². The van der Waals surface area contributed by atoms with Gasteiger partial charge in [-0.15, -0.1) is 0 Å². The number of hydrogen-bond acceptors (Lipinski definition) is 4. The molecule has 0 aliphatic heterocycles. The van der Waals surface area contributed by atoms with Crippen LogP contribution < -0.4 is 9.03 Å². The first-order valence-electron chi connectivity index (χ1n) is 9.06. The summed E-state index contributed by atoms with van der Waals surface area (Å²) in [4.78, 5) is -0.177. The monoisotopic (exact) mass is 482 g/mol. The van der Waals surface area contributed by atoms with Crippen molar-refractivity contribution < 1.29 is 21.2 Å². The third kappa shape index (κ3) is 4.84. The number of rotatable bonds is 6. The van der Waals surface area contributed by atoms with E-state index in [1.54, 1.807) is 32.0 Å². The van der Waals surface area contributed by atoms with E-state index in [1.807, 2.05) is 0 Å². The normalized spacial score (nSPS) is 11.9. The van der Waals surface area contributed by atoms with Gasteiger partial charge in [0, 0.05) is 17.8 Å². The molecule has 0 amide bonds. The van der Waals surface area contributed by atoms with Gasteiger partial charge in [0.25, 0.3) is 20.0 Å². The standard InChI is InChI=1S/C21H20ClFN2O4S2/c1-14-12-15(2)21(30(26,27)24-18-8-4-16(22)5-9-18)13-20(14)25(3)31(28,29)19-10-6-17(23)7-11-19/h4-13,24H,1-3H3. The summed E-state index contributed by atoms with van der Waals surface area (Å²) in [6.07, 6.45) is 0. The Kier molecular flexibility index (Phi) is 6.31. The maximum Gasteiger partial charge on any atom is 0.264 e. The van der Waals surface area contributed by atoms with Gasteiger partial charge in [-0.3, -0.25) is 9.03 Å². The van der Waals surface area contributed by atoms with Crippen molar-refractivity contribution in [2.45, 2.75) is 23.6 Å². The summed E-state index contributed by atoms with van der Waals surface area (Å²) in [6, 6.07) is 13.5. The molecule has 3 aromatic carbocycles. The van der Waals surface area contributed by atoms with Crippen molar-refractivity contribution in [1.82, 2.24) is 0 Å². The number of nitrogens with one attached hydrogen (secondary N) is 1. The van der Waals surface area contributed by atoms with E-state index in [4.69, 9.17) is 11.6 Å². The molecule has 0 bridgehead atoms. The quantitative estimate of drug-likeness (QED) is 0.551. The fourth-order valence-electron chi connectivity index (χ4n) is 3.07. The van der Waals surface area contributed by atoms with Crippen molar-refractivity contribution in [3.05, 3.63) is 82.6 Å². The minimum Gasteiger partial charge on any atom is -0.280 e. The van der Waals surface area contributed by atoms with Crippen LogP contribution in [-0.4, -0.2) is 23.9 Å². The molecule has 0 atom stereocenters. The maximum absolute atomic E-state index is 13.2. The van der Waals surface area contributed by atoms with Gasteiger partial charge >= 0.3 is 0 Å². The summed E-state index contributed by atoms with van der Waals surface area (Å²) < 4.78 is 68.6. The van der Waals surface area contributed by atoms with E-state index in [-0.39, 0.29) is 15.5 Å². The molecule has 1 N–H and O–H groups in total. The molecular formula is C21H20ClFN2O4S2. The van der Waals surface area contributed by atoms with Crippen LogP contribution >= 0.6 is 11.6 Å². The lowest BCUT2D eigenvalue weighted by Crippen LogP contribution is -2.28. The Morgan fingerprint density at radius 3 is 2.03 bits per heavy atom.